The van der Waals surface area contributed by atoms with Gasteiger partial charge in [0, 0.05) is 44.6 Å². The quantitative estimate of drug-likeness (QED) is 0.455. The predicted octanol–water partition coefficient (Wildman–Crippen LogP) is 3.31. The number of aryl methyl sites for hydroxylation is 3. The summed E-state index contributed by atoms with van der Waals surface area (Å²) in [7, 11) is -3.59. The van der Waals surface area contributed by atoms with Crippen LogP contribution >= 0.6 is 0 Å². The maximum absolute atomic E-state index is 13.0. The molecule has 1 aliphatic rings. The van der Waals surface area contributed by atoms with Crippen LogP contribution in [0.15, 0.2) is 36.7 Å². The number of aromatic nitrogens is 2. The Morgan fingerprint density at radius 1 is 1.23 bits per heavy atom. The van der Waals surface area contributed by atoms with Crippen LogP contribution in [0.25, 0.3) is 0 Å². The summed E-state index contributed by atoms with van der Waals surface area (Å²) in [6.07, 6.45) is 5.09. The zero-order valence-corrected chi connectivity index (χ0v) is 21.3. The van der Waals surface area contributed by atoms with E-state index in [1.165, 1.54) is 21.0 Å². The molecule has 35 heavy (non-hydrogen) atoms. The summed E-state index contributed by atoms with van der Waals surface area (Å²) >= 11 is 0. The molecule has 1 saturated heterocycles. The monoisotopic (exact) mass is 504 g/mol. The molecule has 1 atom stereocenters. The van der Waals surface area contributed by atoms with Crippen molar-refractivity contribution >= 4 is 16.1 Å². The summed E-state index contributed by atoms with van der Waals surface area (Å²) in [5, 5.41) is 11.6. The molecule has 0 spiro atoms. The Balaban J connectivity index is 1.44. The van der Waals surface area contributed by atoms with E-state index in [1.807, 2.05) is 0 Å². The molecule has 1 amide bonds. The van der Waals surface area contributed by atoms with Crippen molar-refractivity contribution in [3.8, 4) is 0 Å². The summed E-state index contributed by atoms with van der Waals surface area (Å²) in [5.41, 5.74) is 3.59. The van der Waals surface area contributed by atoms with Crippen LogP contribution in [-0.4, -0.2) is 65.4 Å². The highest BCUT2D eigenvalue weighted by Crippen LogP contribution is 2.22. The first-order valence-electron chi connectivity index (χ1n) is 12.1. The van der Waals surface area contributed by atoms with E-state index in [0.29, 0.717) is 57.3 Å². The molecule has 0 aliphatic carbocycles. The molecule has 0 bridgehead atoms. The second-order valence-corrected chi connectivity index (χ2v) is 11.3. The molecule has 9 nitrogen and oxygen atoms in total. The number of sulfonamides is 1. The largest absolute Gasteiger partial charge is 0.465 e. The third kappa shape index (κ3) is 8.87. The van der Waals surface area contributed by atoms with Crippen LogP contribution in [-0.2, 0) is 27.8 Å². The smallest absolute Gasteiger partial charge is 0.404 e. The number of hydrogen-bond donors (Lipinski definition) is 2. The fourth-order valence-electron chi connectivity index (χ4n) is 4.34. The minimum absolute atomic E-state index is 0.247. The highest BCUT2D eigenvalue weighted by Gasteiger charge is 2.31. The molecule has 2 aromatic rings. The Morgan fingerprint density at radius 3 is 2.63 bits per heavy atom. The molecule has 192 valence electrons. The maximum atomic E-state index is 13.0. The molecule has 2 heterocycles. The molecule has 2 N–H and O–H groups in total. The van der Waals surface area contributed by atoms with Crippen molar-refractivity contribution in [2.75, 3.05) is 25.4 Å². The normalized spacial score (nSPS) is 16.2. The molecule has 1 aliphatic heterocycles. The number of hydrogen-bond acceptors (Lipinski definition) is 6. The van der Waals surface area contributed by atoms with Gasteiger partial charge in [0.05, 0.1) is 12.4 Å². The third-order valence-corrected chi connectivity index (χ3v) is 8.37. The van der Waals surface area contributed by atoms with Gasteiger partial charge in [-0.25, -0.2) is 27.5 Å². The Bertz CT molecular complexity index is 1060. The van der Waals surface area contributed by atoms with Crippen molar-refractivity contribution in [1.29, 1.82) is 0 Å². The summed E-state index contributed by atoms with van der Waals surface area (Å²) in [4.78, 5) is 19.5. The van der Waals surface area contributed by atoms with Crippen molar-refractivity contribution < 1.29 is 23.1 Å². The Hall–Kier alpha value is -2.56. The van der Waals surface area contributed by atoms with E-state index in [0.717, 1.165) is 12.8 Å². The first-order valence-corrected chi connectivity index (χ1v) is 13.7. The molecule has 1 aromatic heterocycles. The van der Waals surface area contributed by atoms with Crippen molar-refractivity contribution in [3.05, 3.63) is 59.2 Å². The number of nitrogens with one attached hydrogen (secondary N) is 1. The summed E-state index contributed by atoms with van der Waals surface area (Å²) in [5.74, 6) is 0.722. The lowest BCUT2D eigenvalue weighted by molar-refractivity contribution is 0.0685. The highest BCUT2D eigenvalue weighted by molar-refractivity contribution is 7.89. The summed E-state index contributed by atoms with van der Waals surface area (Å²) < 4.78 is 33.5. The summed E-state index contributed by atoms with van der Waals surface area (Å²) in [6.45, 7) is 6.15. The molecule has 1 unspecified atom stereocenters. The van der Waals surface area contributed by atoms with Gasteiger partial charge in [-0.15, -0.1) is 0 Å². The van der Waals surface area contributed by atoms with Gasteiger partial charge in [0.2, 0.25) is 10.0 Å². The van der Waals surface area contributed by atoms with E-state index < -0.39 is 22.2 Å². The maximum Gasteiger partial charge on any atom is 0.404 e. The van der Waals surface area contributed by atoms with E-state index in [1.54, 1.807) is 18.5 Å². The molecule has 1 fully saturated rings. The number of piperidine rings is 1. The fourth-order valence-corrected chi connectivity index (χ4v) is 6.08. The number of ether oxygens (including phenoxy) is 1. The second-order valence-electron chi connectivity index (χ2n) is 9.27. The Morgan fingerprint density at radius 2 is 1.94 bits per heavy atom. The van der Waals surface area contributed by atoms with Gasteiger partial charge in [-0.2, -0.15) is 0 Å². The number of rotatable bonds is 12. The molecule has 0 radical (unpaired) electrons. The fraction of sp³-hybridized carbons (Fsp3) is 0.560. The first kappa shape index (κ1) is 27.0. The zero-order valence-electron chi connectivity index (χ0n) is 20.5. The molecule has 0 saturated carbocycles. The van der Waals surface area contributed by atoms with E-state index in [9.17, 15) is 18.3 Å². The number of amides is 1. The van der Waals surface area contributed by atoms with Gasteiger partial charge >= 0.3 is 6.09 Å². The van der Waals surface area contributed by atoms with Crippen molar-refractivity contribution in [1.82, 2.24) is 19.6 Å². The lowest BCUT2D eigenvalue weighted by Crippen LogP contribution is -2.46. The van der Waals surface area contributed by atoms with E-state index >= 15 is 0 Å². The van der Waals surface area contributed by atoms with Gasteiger partial charge in [0.25, 0.3) is 0 Å². The minimum atomic E-state index is -3.59. The highest BCUT2D eigenvalue weighted by atomic mass is 32.2. The van der Waals surface area contributed by atoms with Crippen LogP contribution in [0.2, 0.25) is 0 Å². The molecular weight excluding hydrogens is 468 g/mol. The minimum Gasteiger partial charge on any atom is -0.465 e. The van der Waals surface area contributed by atoms with Gasteiger partial charge in [-0.05, 0) is 62.6 Å². The van der Waals surface area contributed by atoms with E-state index in [-0.39, 0.29) is 5.75 Å². The lowest BCUT2D eigenvalue weighted by Gasteiger charge is -2.32. The number of carboxylic acid groups (broad SMARTS) is 1. The molecule has 10 heteroatoms. The van der Waals surface area contributed by atoms with Crippen LogP contribution in [0.5, 0.6) is 0 Å². The van der Waals surface area contributed by atoms with Crippen LogP contribution in [0.3, 0.4) is 0 Å². The zero-order chi connectivity index (χ0) is 25.3. The SMILES string of the molecule is Cc1ccc(C)c(COCC2CCN(S(=O)(=O)CC(CCCc3ncccn3)NC(=O)O)CC2)c1. The van der Waals surface area contributed by atoms with Gasteiger partial charge < -0.3 is 15.2 Å². The van der Waals surface area contributed by atoms with Crippen molar-refractivity contribution in [3.63, 3.8) is 0 Å². The lowest BCUT2D eigenvalue weighted by atomic mass is 9.99. The van der Waals surface area contributed by atoms with Crippen LogP contribution in [0.1, 0.15) is 48.2 Å². The molecule has 3 rings (SSSR count). The van der Waals surface area contributed by atoms with Crippen LogP contribution in [0, 0.1) is 19.8 Å². The van der Waals surface area contributed by atoms with Crippen LogP contribution in [0.4, 0.5) is 4.79 Å². The third-order valence-electron chi connectivity index (χ3n) is 6.39. The van der Waals surface area contributed by atoms with Crippen molar-refractivity contribution in [2.45, 2.75) is 58.6 Å². The average molecular weight is 505 g/mol. The first-order chi connectivity index (χ1) is 16.7. The van der Waals surface area contributed by atoms with Crippen LogP contribution < -0.4 is 5.32 Å². The van der Waals surface area contributed by atoms with Gasteiger partial charge in [-0.1, -0.05) is 23.8 Å². The Labute approximate surface area is 208 Å². The number of benzene rings is 1. The topological polar surface area (TPSA) is 122 Å². The Kier molecular flexibility index (Phi) is 10.00. The molecular formula is C25H36N4O5S. The van der Waals surface area contributed by atoms with Gasteiger partial charge in [0.1, 0.15) is 5.82 Å². The second kappa shape index (κ2) is 12.9. The predicted molar refractivity (Wildman–Crippen MR) is 134 cm³/mol. The van der Waals surface area contributed by atoms with E-state index in [4.69, 9.17) is 4.74 Å². The van der Waals surface area contributed by atoms with Gasteiger partial charge in [0.15, 0.2) is 0 Å². The standard InChI is InChI=1S/C25H36N4O5S/c1-19-7-8-20(2)22(15-19)17-34-16-21-9-13-29(14-10-21)35(32,33)18-23(28-25(30)31)5-3-6-24-26-11-4-12-27-24/h4,7-8,11-12,15,21,23,28H,3,5-6,9-10,13-14,16-18H2,1-2H3,(H,30,31). The summed E-state index contributed by atoms with van der Waals surface area (Å²) in [6, 6.07) is 7.37. The number of nitrogens with zero attached hydrogens (tertiary/aromatic N) is 3. The number of carbonyl (C=O) groups is 1. The van der Waals surface area contributed by atoms with E-state index in [2.05, 4.69) is 47.3 Å². The van der Waals surface area contributed by atoms with Crippen molar-refractivity contribution in [2.24, 2.45) is 5.92 Å². The average Bonchev–Trinajstić information content (AvgIpc) is 2.82. The molecule has 1 aromatic carbocycles. The van der Waals surface area contributed by atoms with Gasteiger partial charge in [-0.3, -0.25) is 0 Å².